The Morgan fingerprint density at radius 1 is 1.67 bits per heavy atom. The van der Waals surface area contributed by atoms with Gasteiger partial charge in [-0.1, -0.05) is 6.92 Å². The Labute approximate surface area is 89.1 Å². The third-order valence-corrected chi connectivity index (χ3v) is 2.40. The molecule has 15 heavy (non-hydrogen) atoms. The third kappa shape index (κ3) is 2.97. The molecule has 0 saturated heterocycles. The zero-order chi connectivity index (χ0) is 11.3. The molecule has 0 amide bonds. The Balaban J connectivity index is 2.52. The van der Waals surface area contributed by atoms with Crippen molar-refractivity contribution in [3.63, 3.8) is 0 Å². The molecule has 0 aliphatic carbocycles. The molecule has 1 heterocycles. The number of nitrogens with zero attached hydrogens (tertiary/aromatic N) is 2. The molecule has 0 bridgehead atoms. The van der Waals surface area contributed by atoms with Crippen LogP contribution in [-0.4, -0.2) is 27.2 Å². The normalized spacial score (nSPS) is 12.4. The first kappa shape index (κ1) is 11.6. The van der Waals surface area contributed by atoms with Gasteiger partial charge in [0.2, 0.25) is 5.95 Å². The van der Waals surface area contributed by atoms with Gasteiger partial charge in [0.1, 0.15) is 0 Å². The molecule has 1 rings (SSSR count). The number of aryl methyl sites for hydroxylation is 1. The summed E-state index contributed by atoms with van der Waals surface area (Å²) in [5.41, 5.74) is 0. The second kappa shape index (κ2) is 5.38. The van der Waals surface area contributed by atoms with Crippen LogP contribution in [0.4, 0.5) is 5.95 Å². The predicted molar refractivity (Wildman–Crippen MR) is 57.8 cm³/mol. The Hall–Kier alpha value is -1.52. The molecule has 84 valence electrons. The van der Waals surface area contributed by atoms with Crippen molar-refractivity contribution in [1.82, 2.24) is 9.55 Å². The summed E-state index contributed by atoms with van der Waals surface area (Å²) in [5.74, 6) is -0.385. The monoisotopic (exact) mass is 211 g/mol. The molecular weight excluding hydrogens is 194 g/mol. The lowest BCUT2D eigenvalue weighted by Gasteiger charge is -2.12. The van der Waals surface area contributed by atoms with Gasteiger partial charge >= 0.3 is 5.97 Å². The highest BCUT2D eigenvalue weighted by molar-refractivity contribution is 5.70. The van der Waals surface area contributed by atoms with Gasteiger partial charge in [-0.05, 0) is 13.3 Å². The van der Waals surface area contributed by atoms with Gasteiger partial charge in [0, 0.05) is 25.5 Å². The fraction of sp³-hybridized carbons (Fsp3) is 0.600. The molecular formula is C10H17N3O2. The van der Waals surface area contributed by atoms with Crippen molar-refractivity contribution in [2.45, 2.75) is 26.8 Å². The molecule has 1 atom stereocenters. The minimum Gasteiger partial charge on any atom is -0.481 e. The number of carboxylic acid groups (broad SMARTS) is 1. The van der Waals surface area contributed by atoms with Crippen LogP contribution in [0, 0.1) is 5.92 Å². The summed E-state index contributed by atoms with van der Waals surface area (Å²) < 4.78 is 1.94. The summed E-state index contributed by atoms with van der Waals surface area (Å²) in [6.07, 6.45) is 4.19. The molecule has 2 N–H and O–H groups in total. The van der Waals surface area contributed by atoms with E-state index in [9.17, 15) is 4.79 Å². The predicted octanol–water partition coefficient (Wildman–Crippen LogP) is 1.43. The number of aromatic nitrogens is 2. The average Bonchev–Trinajstić information content (AvgIpc) is 2.65. The summed E-state index contributed by atoms with van der Waals surface area (Å²) in [6.45, 7) is 5.13. The summed E-state index contributed by atoms with van der Waals surface area (Å²) in [7, 11) is 0. The number of rotatable bonds is 6. The van der Waals surface area contributed by atoms with Crippen molar-refractivity contribution in [3.8, 4) is 0 Å². The zero-order valence-corrected chi connectivity index (χ0v) is 9.10. The van der Waals surface area contributed by atoms with E-state index in [1.165, 1.54) is 0 Å². The first-order valence-electron chi connectivity index (χ1n) is 5.16. The van der Waals surface area contributed by atoms with Crippen LogP contribution in [0.5, 0.6) is 0 Å². The van der Waals surface area contributed by atoms with Crippen LogP contribution in [-0.2, 0) is 11.3 Å². The Bertz CT molecular complexity index is 322. The molecule has 0 radical (unpaired) electrons. The maximum atomic E-state index is 10.8. The lowest BCUT2D eigenvalue weighted by molar-refractivity contribution is -0.141. The van der Waals surface area contributed by atoms with Crippen molar-refractivity contribution in [2.24, 2.45) is 5.92 Å². The fourth-order valence-corrected chi connectivity index (χ4v) is 1.35. The van der Waals surface area contributed by atoms with Crippen molar-refractivity contribution in [1.29, 1.82) is 0 Å². The summed E-state index contributed by atoms with van der Waals surface area (Å²) in [5, 5.41) is 11.9. The van der Waals surface area contributed by atoms with Gasteiger partial charge in [-0.15, -0.1) is 0 Å². The standard InChI is InChI=1S/C10H17N3O2/c1-3-8(9(14)15)7-12-10-11-5-6-13(10)4-2/h5-6,8H,3-4,7H2,1-2H3,(H,11,12)(H,14,15). The third-order valence-electron chi connectivity index (χ3n) is 2.40. The van der Waals surface area contributed by atoms with E-state index in [0.717, 1.165) is 12.5 Å². The van der Waals surface area contributed by atoms with E-state index < -0.39 is 5.97 Å². The number of hydrogen-bond donors (Lipinski definition) is 2. The van der Waals surface area contributed by atoms with E-state index in [2.05, 4.69) is 10.3 Å². The lowest BCUT2D eigenvalue weighted by Crippen LogP contribution is -2.23. The molecule has 5 nitrogen and oxygen atoms in total. The Morgan fingerprint density at radius 3 is 2.93 bits per heavy atom. The Kier molecular flexibility index (Phi) is 4.15. The van der Waals surface area contributed by atoms with Crippen molar-refractivity contribution in [3.05, 3.63) is 12.4 Å². The van der Waals surface area contributed by atoms with E-state index in [0.29, 0.717) is 13.0 Å². The van der Waals surface area contributed by atoms with Crippen LogP contribution in [0.15, 0.2) is 12.4 Å². The second-order valence-electron chi connectivity index (χ2n) is 3.36. The van der Waals surface area contributed by atoms with Crippen LogP contribution >= 0.6 is 0 Å². The van der Waals surface area contributed by atoms with Gasteiger partial charge < -0.3 is 15.0 Å². The number of aliphatic carboxylic acids is 1. The van der Waals surface area contributed by atoms with Gasteiger partial charge in [0.05, 0.1) is 5.92 Å². The van der Waals surface area contributed by atoms with Crippen LogP contribution < -0.4 is 5.32 Å². The molecule has 5 heteroatoms. The molecule has 1 aromatic rings. The van der Waals surface area contributed by atoms with Gasteiger partial charge in [-0.3, -0.25) is 4.79 Å². The quantitative estimate of drug-likeness (QED) is 0.747. The SMILES string of the molecule is CCC(CNc1nccn1CC)C(=O)O. The molecule has 1 unspecified atom stereocenters. The topological polar surface area (TPSA) is 67.2 Å². The zero-order valence-electron chi connectivity index (χ0n) is 9.10. The second-order valence-corrected chi connectivity index (χ2v) is 3.36. The van der Waals surface area contributed by atoms with Crippen LogP contribution in [0.1, 0.15) is 20.3 Å². The van der Waals surface area contributed by atoms with E-state index in [-0.39, 0.29) is 5.92 Å². The highest BCUT2D eigenvalue weighted by Gasteiger charge is 2.15. The van der Waals surface area contributed by atoms with Gasteiger partial charge in [-0.2, -0.15) is 0 Å². The van der Waals surface area contributed by atoms with E-state index in [1.807, 2.05) is 24.6 Å². The average molecular weight is 211 g/mol. The number of anilines is 1. The van der Waals surface area contributed by atoms with Gasteiger partial charge in [-0.25, -0.2) is 4.98 Å². The van der Waals surface area contributed by atoms with Crippen molar-refractivity contribution < 1.29 is 9.90 Å². The first-order valence-corrected chi connectivity index (χ1v) is 5.16. The van der Waals surface area contributed by atoms with E-state index in [1.54, 1.807) is 6.20 Å². The molecule has 0 aliphatic rings. The number of hydrogen-bond acceptors (Lipinski definition) is 3. The van der Waals surface area contributed by atoms with E-state index >= 15 is 0 Å². The number of nitrogens with one attached hydrogen (secondary N) is 1. The summed E-state index contributed by atoms with van der Waals surface area (Å²) in [4.78, 5) is 14.9. The summed E-state index contributed by atoms with van der Waals surface area (Å²) >= 11 is 0. The molecule has 0 saturated carbocycles. The molecule has 0 aliphatic heterocycles. The molecule has 1 aromatic heterocycles. The van der Waals surface area contributed by atoms with Crippen LogP contribution in [0.25, 0.3) is 0 Å². The fourth-order valence-electron chi connectivity index (χ4n) is 1.35. The highest BCUT2D eigenvalue weighted by Crippen LogP contribution is 2.07. The maximum Gasteiger partial charge on any atom is 0.308 e. The smallest absolute Gasteiger partial charge is 0.308 e. The summed E-state index contributed by atoms with van der Waals surface area (Å²) in [6, 6.07) is 0. The number of carboxylic acids is 1. The van der Waals surface area contributed by atoms with Crippen LogP contribution in [0.3, 0.4) is 0 Å². The Morgan fingerprint density at radius 2 is 2.40 bits per heavy atom. The molecule has 0 aromatic carbocycles. The van der Waals surface area contributed by atoms with Crippen molar-refractivity contribution in [2.75, 3.05) is 11.9 Å². The van der Waals surface area contributed by atoms with Gasteiger partial charge in [0.25, 0.3) is 0 Å². The number of imidazole rings is 1. The van der Waals surface area contributed by atoms with Crippen LogP contribution in [0.2, 0.25) is 0 Å². The minimum absolute atomic E-state index is 0.355. The van der Waals surface area contributed by atoms with Gasteiger partial charge in [0.15, 0.2) is 0 Å². The first-order chi connectivity index (χ1) is 7.19. The minimum atomic E-state index is -0.764. The largest absolute Gasteiger partial charge is 0.481 e. The number of carbonyl (C=O) groups is 1. The van der Waals surface area contributed by atoms with E-state index in [4.69, 9.17) is 5.11 Å². The highest BCUT2D eigenvalue weighted by atomic mass is 16.4. The maximum absolute atomic E-state index is 10.8. The lowest BCUT2D eigenvalue weighted by atomic mass is 10.1. The molecule has 0 fully saturated rings. The molecule has 0 spiro atoms. The van der Waals surface area contributed by atoms with Crippen molar-refractivity contribution >= 4 is 11.9 Å².